The first-order valence-electron chi connectivity index (χ1n) is 7.24. The van der Waals surface area contributed by atoms with Crippen molar-refractivity contribution in [3.05, 3.63) is 33.9 Å². The zero-order valence-corrected chi connectivity index (χ0v) is 12.6. The molecule has 114 valence electrons. The Kier molecular flexibility index (Phi) is 4.45. The number of likely N-dealkylation sites (tertiary alicyclic amines) is 1. The van der Waals surface area contributed by atoms with Crippen LogP contribution in [0, 0.1) is 10.1 Å². The summed E-state index contributed by atoms with van der Waals surface area (Å²) in [7, 11) is 1.62. The molecule has 1 aromatic rings. The number of carbonyl (C=O) groups excluding carboxylic acids is 1. The Morgan fingerprint density at radius 2 is 1.95 bits per heavy atom. The van der Waals surface area contributed by atoms with E-state index in [2.05, 4.69) is 5.32 Å². The molecule has 1 aliphatic rings. The van der Waals surface area contributed by atoms with Crippen LogP contribution in [0.4, 0.5) is 11.4 Å². The summed E-state index contributed by atoms with van der Waals surface area (Å²) in [5.74, 6) is -0.125. The topological polar surface area (TPSA) is 75.5 Å². The average molecular weight is 291 g/mol. The van der Waals surface area contributed by atoms with E-state index in [1.807, 2.05) is 18.7 Å². The molecule has 6 heteroatoms. The van der Waals surface area contributed by atoms with E-state index in [9.17, 15) is 14.9 Å². The molecule has 21 heavy (non-hydrogen) atoms. The maximum Gasteiger partial charge on any atom is 0.293 e. The third kappa shape index (κ3) is 2.99. The van der Waals surface area contributed by atoms with E-state index in [0.717, 1.165) is 19.3 Å². The first kappa shape index (κ1) is 15.3. The Hall–Kier alpha value is -2.11. The minimum absolute atomic E-state index is 0.0688. The van der Waals surface area contributed by atoms with Crippen molar-refractivity contribution in [3.63, 3.8) is 0 Å². The molecule has 0 unspecified atom stereocenters. The second-order valence-corrected chi connectivity index (χ2v) is 5.58. The fraction of sp³-hybridized carbons (Fsp3) is 0.533. The van der Waals surface area contributed by atoms with Crippen molar-refractivity contribution in [1.29, 1.82) is 0 Å². The van der Waals surface area contributed by atoms with Crippen LogP contribution < -0.4 is 5.32 Å². The molecule has 6 nitrogen and oxygen atoms in total. The lowest BCUT2D eigenvalue weighted by molar-refractivity contribution is -0.384. The molecule has 0 aromatic heterocycles. The lowest BCUT2D eigenvalue weighted by Gasteiger charge is -2.39. The van der Waals surface area contributed by atoms with Gasteiger partial charge in [0.2, 0.25) is 0 Å². The number of hydrogen-bond acceptors (Lipinski definition) is 4. The molecule has 1 aliphatic heterocycles. The quantitative estimate of drug-likeness (QED) is 0.686. The lowest BCUT2D eigenvalue weighted by Crippen LogP contribution is -2.47. The highest BCUT2D eigenvalue weighted by Crippen LogP contribution is 2.29. The minimum Gasteiger partial charge on any atom is -0.383 e. The van der Waals surface area contributed by atoms with E-state index >= 15 is 0 Å². The number of rotatable bonds is 3. The van der Waals surface area contributed by atoms with Gasteiger partial charge in [0.25, 0.3) is 11.6 Å². The summed E-state index contributed by atoms with van der Waals surface area (Å²) >= 11 is 0. The van der Waals surface area contributed by atoms with E-state index in [4.69, 9.17) is 0 Å². The number of nitrogens with zero attached hydrogens (tertiary/aromatic N) is 2. The van der Waals surface area contributed by atoms with Gasteiger partial charge in [-0.05, 0) is 45.2 Å². The fourth-order valence-corrected chi connectivity index (χ4v) is 3.00. The largest absolute Gasteiger partial charge is 0.383 e. The Morgan fingerprint density at radius 1 is 1.33 bits per heavy atom. The Bertz CT molecular complexity index is 549. The van der Waals surface area contributed by atoms with Gasteiger partial charge in [-0.3, -0.25) is 14.9 Å². The predicted molar refractivity (Wildman–Crippen MR) is 81.6 cm³/mol. The van der Waals surface area contributed by atoms with Crippen molar-refractivity contribution in [2.75, 3.05) is 12.4 Å². The van der Waals surface area contributed by atoms with Crippen LogP contribution in [0.5, 0.6) is 0 Å². The van der Waals surface area contributed by atoms with Gasteiger partial charge in [-0.1, -0.05) is 0 Å². The van der Waals surface area contributed by atoms with Crippen LogP contribution in [0.15, 0.2) is 18.2 Å². The van der Waals surface area contributed by atoms with Crippen LogP contribution in [-0.4, -0.2) is 34.9 Å². The number of nitro benzene ring substituents is 1. The highest BCUT2D eigenvalue weighted by atomic mass is 16.6. The highest BCUT2D eigenvalue weighted by Gasteiger charge is 2.30. The van der Waals surface area contributed by atoms with Gasteiger partial charge in [0.1, 0.15) is 5.69 Å². The van der Waals surface area contributed by atoms with Gasteiger partial charge < -0.3 is 10.2 Å². The number of piperidine rings is 1. The van der Waals surface area contributed by atoms with Crippen molar-refractivity contribution in [3.8, 4) is 0 Å². The van der Waals surface area contributed by atoms with E-state index in [1.54, 1.807) is 19.2 Å². The van der Waals surface area contributed by atoms with Crippen LogP contribution in [0.3, 0.4) is 0 Å². The van der Waals surface area contributed by atoms with Gasteiger partial charge in [-0.2, -0.15) is 0 Å². The summed E-state index contributed by atoms with van der Waals surface area (Å²) in [6.45, 7) is 4.06. The zero-order valence-electron chi connectivity index (χ0n) is 12.6. The van der Waals surface area contributed by atoms with Gasteiger partial charge in [-0.15, -0.1) is 0 Å². The van der Waals surface area contributed by atoms with Gasteiger partial charge in [-0.25, -0.2) is 0 Å². The van der Waals surface area contributed by atoms with Crippen LogP contribution in [0.1, 0.15) is 43.5 Å². The third-order valence-corrected chi connectivity index (χ3v) is 4.14. The SMILES string of the molecule is CNc1ccc(C(=O)N2[C@H](C)CCC[C@@H]2C)cc1[N+](=O)[O-]. The number of nitrogens with one attached hydrogen (secondary N) is 1. The van der Waals surface area contributed by atoms with Crippen molar-refractivity contribution in [2.45, 2.75) is 45.2 Å². The molecule has 2 atom stereocenters. The molecule has 0 bridgehead atoms. The van der Waals surface area contributed by atoms with E-state index in [1.165, 1.54) is 6.07 Å². The second-order valence-electron chi connectivity index (χ2n) is 5.58. The van der Waals surface area contributed by atoms with Crippen molar-refractivity contribution in [1.82, 2.24) is 4.90 Å². The first-order chi connectivity index (χ1) is 9.95. The number of nitro groups is 1. The first-order valence-corrected chi connectivity index (χ1v) is 7.24. The Labute approximate surface area is 124 Å². The molecule has 1 fully saturated rings. The van der Waals surface area contributed by atoms with Crippen LogP contribution in [0.25, 0.3) is 0 Å². The standard InChI is InChI=1S/C15H21N3O3/c1-10-5-4-6-11(2)17(10)15(19)12-7-8-13(16-3)14(9-12)18(20)21/h7-11,16H,4-6H2,1-3H3/t10-,11+. The Balaban J connectivity index is 2.34. The normalized spacial score (nSPS) is 22.0. The predicted octanol–water partition coefficient (Wildman–Crippen LogP) is 3.04. The van der Waals surface area contributed by atoms with Gasteiger partial charge in [0.15, 0.2) is 0 Å². The molecule has 1 N–H and O–H groups in total. The maximum atomic E-state index is 12.7. The van der Waals surface area contributed by atoms with Gasteiger partial charge in [0, 0.05) is 30.8 Å². The van der Waals surface area contributed by atoms with Crippen molar-refractivity contribution < 1.29 is 9.72 Å². The molecule has 1 heterocycles. The molecule has 0 aliphatic carbocycles. The summed E-state index contributed by atoms with van der Waals surface area (Å²) in [6.07, 6.45) is 3.07. The number of anilines is 1. The molecule has 1 saturated heterocycles. The van der Waals surface area contributed by atoms with Gasteiger partial charge >= 0.3 is 0 Å². The smallest absolute Gasteiger partial charge is 0.293 e. The minimum atomic E-state index is -0.467. The van der Waals surface area contributed by atoms with Crippen LogP contribution >= 0.6 is 0 Å². The Morgan fingerprint density at radius 3 is 2.48 bits per heavy atom. The number of amides is 1. The molecule has 0 saturated carbocycles. The molecule has 0 spiro atoms. The van der Waals surface area contributed by atoms with Crippen LogP contribution in [-0.2, 0) is 0 Å². The van der Waals surface area contributed by atoms with E-state index in [-0.39, 0.29) is 23.7 Å². The highest BCUT2D eigenvalue weighted by molar-refractivity contribution is 5.96. The maximum absolute atomic E-state index is 12.7. The van der Waals surface area contributed by atoms with Crippen molar-refractivity contribution >= 4 is 17.3 Å². The van der Waals surface area contributed by atoms with Crippen LogP contribution in [0.2, 0.25) is 0 Å². The summed E-state index contributed by atoms with van der Waals surface area (Å²) < 4.78 is 0. The molecular formula is C15H21N3O3. The third-order valence-electron chi connectivity index (χ3n) is 4.14. The molecular weight excluding hydrogens is 270 g/mol. The molecule has 2 rings (SSSR count). The van der Waals surface area contributed by atoms with Gasteiger partial charge in [0.05, 0.1) is 4.92 Å². The summed E-state index contributed by atoms with van der Waals surface area (Å²) in [4.78, 5) is 25.2. The fourth-order valence-electron chi connectivity index (χ4n) is 3.00. The summed E-state index contributed by atoms with van der Waals surface area (Å²) in [5.41, 5.74) is 0.721. The van der Waals surface area contributed by atoms with E-state index in [0.29, 0.717) is 11.3 Å². The lowest BCUT2D eigenvalue weighted by atomic mass is 9.96. The summed E-state index contributed by atoms with van der Waals surface area (Å²) in [5, 5.41) is 13.9. The number of hydrogen-bond donors (Lipinski definition) is 1. The second kappa shape index (κ2) is 6.11. The number of benzene rings is 1. The summed E-state index contributed by atoms with van der Waals surface area (Å²) in [6, 6.07) is 4.94. The monoisotopic (exact) mass is 291 g/mol. The number of carbonyl (C=O) groups is 1. The van der Waals surface area contributed by atoms with E-state index < -0.39 is 4.92 Å². The molecule has 0 radical (unpaired) electrons. The molecule has 1 amide bonds. The average Bonchev–Trinajstić information content (AvgIpc) is 2.46. The molecule has 1 aromatic carbocycles. The zero-order chi connectivity index (χ0) is 15.6. The van der Waals surface area contributed by atoms with Crippen molar-refractivity contribution in [2.24, 2.45) is 0 Å².